The first kappa shape index (κ1) is 20.1. The Morgan fingerprint density at radius 3 is 2.73 bits per heavy atom. The van der Waals surface area contributed by atoms with Crippen LogP contribution in [-0.4, -0.2) is 4.98 Å². The van der Waals surface area contributed by atoms with Gasteiger partial charge in [0.05, 0.1) is 11.3 Å². The molecule has 2 aromatic carbocycles. The molecule has 0 spiro atoms. The highest BCUT2D eigenvalue weighted by molar-refractivity contribution is 9.10. The molecule has 2 aromatic heterocycles. The molecule has 30 heavy (non-hydrogen) atoms. The summed E-state index contributed by atoms with van der Waals surface area (Å²) >= 11 is 4.73. The van der Waals surface area contributed by atoms with E-state index >= 15 is 0 Å². The second kappa shape index (κ2) is 8.27. The highest BCUT2D eigenvalue weighted by Gasteiger charge is 2.14. The fraction of sp³-hybridized carbons (Fsp3) is 0.0870. The second-order valence-electron chi connectivity index (χ2n) is 6.75. The Hall–Kier alpha value is -3.21. The number of nitriles is 1. The van der Waals surface area contributed by atoms with E-state index in [2.05, 4.69) is 32.3 Å². The molecule has 0 radical (unpaired) electrons. The van der Waals surface area contributed by atoms with Gasteiger partial charge in [0.15, 0.2) is 0 Å². The van der Waals surface area contributed by atoms with Crippen molar-refractivity contribution in [3.05, 3.63) is 85.1 Å². The number of aromatic nitrogens is 1. The van der Waals surface area contributed by atoms with E-state index in [1.807, 2.05) is 44.2 Å². The fourth-order valence-electron chi connectivity index (χ4n) is 3.12. The molecule has 0 atom stereocenters. The van der Waals surface area contributed by atoms with Crippen LogP contribution in [0, 0.1) is 25.2 Å². The van der Waals surface area contributed by atoms with Gasteiger partial charge in [-0.1, -0.05) is 34.1 Å². The van der Waals surface area contributed by atoms with Gasteiger partial charge in [0.2, 0.25) is 0 Å². The largest absolute Gasteiger partial charge is 0.422 e. The van der Waals surface area contributed by atoms with Crippen molar-refractivity contribution < 1.29 is 4.42 Å². The van der Waals surface area contributed by atoms with Crippen LogP contribution >= 0.6 is 27.3 Å². The van der Waals surface area contributed by atoms with Gasteiger partial charge in [0.25, 0.3) is 0 Å². The van der Waals surface area contributed by atoms with Gasteiger partial charge in [-0.25, -0.2) is 9.78 Å². The van der Waals surface area contributed by atoms with Gasteiger partial charge in [-0.05, 0) is 49.2 Å². The number of aryl methyl sites for hydroxylation is 2. The molecule has 0 aliphatic heterocycles. The number of hydrogen-bond acceptors (Lipinski definition) is 6. The summed E-state index contributed by atoms with van der Waals surface area (Å²) in [4.78, 5) is 17.0. The molecule has 0 aliphatic rings. The van der Waals surface area contributed by atoms with Crippen LogP contribution < -0.4 is 10.9 Å². The summed E-state index contributed by atoms with van der Waals surface area (Å²) in [6, 6.07) is 15.4. The van der Waals surface area contributed by atoms with Crippen molar-refractivity contribution in [2.75, 3.05) is 5.32 Å². The zero-order valence-electron chi connectivity index (χ0n) is 16.2. The van der Waals surface area contributed by atoms with E-state index in [4.69, 9.17) is 4.42 Å². The summed E-state index contributed by atoms with van der Waals surface area (Å²) in [5.41, 5.74) is 4.42. The molecule has 2 heterocycles. The molecule has 0 aliphatic carbocycles. The molecule has 0 bridgehead atoms. The fourth-order valence-corrected chi connectivity index (χ4v) is 4.29. The summed E-state index contributed by atoms with van der Waals surface area (Å²) in [6.07, 6.45) is 1.65. The maximum absolute atomic E-state index is 12.4. The number of rotatable bonds is 4. The van der Waals surface area contributed by atoms with Gasteiger partial charge >= 0.3 is 5.63 Å². The first-order valence-corrected chi connectivity index (χ1v) is 10.8. The summed E-state index contributed by atoms with van der Waals surface area (Å²) in [5, 5.41) is 15.9. The van der Waals surface area contributed by atoms with Crippen LogP contribution in [0.3, 0.4) is 0 Å². The minimum Gasteiger partial charge on any atom is -0.422 e. The summed E-state index contributed by atoms with van der Waals surface area (Å²) < 4.78 is 6.32. The van der Waals surface area contributed by atoms with Crippen molar-refractivity contribution in [2.24, 2.45) is 0 Å². The lowest BCUT2D eigenvalue weighted by Crippen LogP contribution is -2.03. The van der Waals surface area contributed by atoms with E-state index in [-0.39, 0.29) is 0 Å². The monoisotopic (exact) mass is 477 g/mol. The van der Waals surface area contributed by atoms with Crippen LogP contribution in [0.5, 0.6) is 0 Å². The molecule has 148 valence electrons. The van der Waals surface area contributed by atoms with Gasteiger partial charge in [-0.15, -0.1) is 11.3 Å². The predicted molar refractivity (Wildman–Crippen MR) is 124 cm³/mol. The van der Waals surface area contributed by atoms with E-state index in [0.29, 0.717) is 27.4 Å². The average Bonchev–Trinajstić information content (AvgIpc) is 3.20. The zero-order valence-corrected chi connectivity index (χ0v) is 18.6. The van der Waals surface area contributed by atoms with Crippen LogP contribution in [0.1, 0.15) is 16.1 Å². The second-order valence-corrected chi connectivity index (χ2v) is 8.52. The van der Waals surface area contributed by atoms with Gasteiger partial charge in [-0.3, -0.25) is 0 Å². The third-order valence-corrected chi connectivity index (χ3v) is 6.04. The minimum atomic E-state index is -0.460. The molecule has 4 aromatic rings. The molecule has 0 saturated heterocycles. The van der Waals surface area contributed by atoms with Crippen molar-refractivity contribution >= 4 is 49.5 Å². The maximum Gasteiger partial charge on any atom is 0.345 e. The number of anilines is 1. The third-order valence-electron chi connectivity index (χ3n) is 4.67. The number of nitrogens with one attached hydrogen (secondary N) is 1. The number of hydrogen-bond donors (Lipinski definition) is 1. The summed E-state index contributed by atoms with van der Waals surface area (Å²) in [7, 11) is 0. The highest BCUT2D eigenvalue weighted by Crippen LogP contribution is 2.28. The summed E-state index contributed by atoms with van der Waals surface area (Å²) in [5.74, 6) is 0. The van der Waals surface area contributed by atoms with Crippen LogP contribution in [-0.2, 0) is 0 Å². The lowest BCUT2D eigenvalue weighted by Gasteiger charge is -2.09. The molecule has 5 nitrogen and oxygen atoms in total. The first-order valence-electron chi connectivity index (χ1n) is 9.09. The first-order chi connectivity index (χ1) is 14.5. The Morgan fingerprint density at radius 2 is 2.00 bits per heavy atom. The normalized spacial score (nSPS) is 11.5. The van der Waals surface area contributed by atoms with Crippen LogP contribution in [0.2, 0.25) is 0 Å². The molecular weight excluding hydrogens is 462 g/mol. The van der Waals surface area contributed by atoms with Crippen LogP contribution in [0.15, 0.2) is 67.7 Å². The number of nitrogens with zero attached hydrogens (tertiary/aromatic N) is 2. The van der Waals surface area contributed by atoms with Crippen LogP contribution in [0.25, 0.3) is 27.8 Å². The lowest BCUT2D eigenvalue weighted by molar-refractivity contribution is 0.563. The highest BCUT2D eigenvalue weighted by atomic mass is 79.9. The van der Waals surface area contributed by atoms with Gasteiger partial charge in [0.1, 0.15) is 22.2 Å². The Kier molecular flexibility index (Phi) is 5.53. The lowest BCUT2D eigenvalue weighted by atomic mass is 10.1. The van der Waals surface area contributed by atoms with Gasteiger partial charge in [0, 0.05) is 27.1 Å². The molecule has 0 amide bonds. The Balaban J connectivity index is 1.69. The number of benzene rings is 2. The number of thiazole rings is 1. The molecule has 0 fully saturated rings. The zero-order chi connectivity index (χ0) is 21.3. The average molecular weight is 478 g/mol. The smallest absolute Gasteiger partial charge is 0.345 e. The SMILES string of the molecule is Cc1cccc(C)c1NC=C(C#N)c1nc(-c2cc3cc(Br)ccc3oc2=O)cs1. The van der Waals surface area contributed by atoms with Crippen molar-refractivity contribution in [1.82, 2.24) is 4.98 Å². The van der Waals surface area contributed by atoms with Crippen molar-refractivity contribution in [2.45, 2.75) is 13.8 Å². The van der Waals surface area contributed by atoms with E-state index in [1.165, 1.54) is 11.3 Å². The van der Waals surface area contributed by atoms with Gasteiger partial charge < -0.3 is 9.73 Å². The minimum absolute atomic E-state index is 0.364. The molecule has 0 saturated carbocycles. The van der Waals surface area contributed by atoms with Crippen LogP contribution in [0.4, 0.5) is 5.69 Å². The van der Waals surface area contributed by atoms with E-state index < -0.39 is 5.63 Å². The predicted octanol–water partition coefficient (Wildman–Crippen LogP) is 6.27. The molecule has 1 N–H and O–H groups in total. The maximum atomic E-state index is 12.4. The molecule has 0 unspecified atom stereocenters. The number of allylic oxidation sites excluding steroid dienone is 1. The van der Waals surface area contributed by atoms with E-state index in [9.17, 15) is 10.1 Å². The Morgan fingerprint density at radius 1 is 1.23 bits per heavy atom. The van der Waals surface area contributed by atoms with Crippen molar-refractivity contribution in [1.29, 1.82) is 5.26 Å². The topological polar surface area (TPSA) is 78.9 Å². The summed E-state index contributed by atoms with van der Waals surface area (Å²) in [6.45, 7) is 4.02. The van der Waals surface area contributed by atoms with E-state index in [0.717, 1.165) is 26.7 Å². The number of halogens is 1. The third kappa shape index (κ3) is 3.92. The Labute approximate surface area is 185 Å². The van der Waals surface area contributed by atoms with Gasteiger partial charge in [-0.2, -0.15) is 5.26 Å². The van der Waals surface area contributed by atoms with Crippen molar-refractivity contribution in [3.8, 4) is 17.3 Å². The standard InChI is InChI=1S/C23H16BrN3O2S/c1-13-4-3-5-14(2)21(13)26-11-16(10-25)22-27-19(12-30-22)18-9-15-8-17(24)6-7-20(15)29-23(18)28/h3-9,11-12,26H,1-2H3. The van der Waals surface area contributed by atoms with E-state index in [1.54, 1.807) is 23.7 Å². The number of para-hydroxylation sites is 1. The number of fused-ring (bicyclic) bond motifs is 1. The Bertz CT molecular complexity index is 1380. The molecule has 4 rings (SSSR count). The quantitative estimate of drug-likeness (QED) is 0.276. The molecular formula is C23H16BrN3O2S. The van der Waals surface area contributed by atoms with Crippen molar-refractivity contribution in [3.63, 3.8) is 0 Å². The molecule has 7 heteroatoms.